The monoisotopic (exact) mass is 292 g/mol. The Bertz CT molecular complexity index is 463. The molecule has 0 radical (unpaired) electrons. The molecule has 0 spiro atoms. The lowest BCUT2D eigenvalue weighted by molar-refractivity contribution is -0.386. The van der Waals surface area contributed by atoms with Crippen LogP contribution in [0.4, 0.5) is 10.1 Å². The van der Waals surface area contributed by atoms with Gasteiger partial charge in [-0.25, -0.2) is 4.39 Å². The molecule has 108 valence electrons. The number of nitrogens with zero attached hydrogens (tertiary/aromatic N) is 1. The van der Waals surface area contributed by atoms with Crippen LogP contribution in [0.2, 0.25) is 0 Å². The van der Waals surface area contributed by atoms with Crippen LogP contribution in [0.3, 0.4) is 0 Å². The summed E-state index contributed by atoms with van der Waals surface area (Å²) in [6, 6.07) is 2.21. The molecular weight excluding hydrogens is 275 g/mol. The van der Waals surface area contributed by atoms with Crippen molar-refractivity contribution in [1.29, 1.82) is 0 Å². The SMILES string of the molecule is CC(C)(C)[C@@H](O)[C@@H](N)c1ccc(F)cc1[N+](=O)[O-].Cl. The summed E-state index contributed by atoms with van der Waals surface area (Å²) in [6.45, 7) is 5.31. The van der Waals surface area contributed by atoms with Crippen LogP contribution >= 0.6 is 12.4 Å². The zero-order valence-corrected chi connectivity index (χ0v) is 11.8. The van der Waals surface area contributed by atoms with Crippen LogP contribution in [0, 0.1) is 21.3 Å². The van der Waals surface area contributed by atoms with E-state index in [4.69, 9.17) is 5.73 Å². The number of hydrogen-bond donors (Lipinski definition) is 2. The Morgan fingerprint density at radius 2 is 1.95 bits per heavy atom. The summed E-state index contributed by atoms with van der Waals surface area (Å²) < 4.78 is 13.0. The second-order valence-electron chi connectivity index (χ2n) is 5.30. The van der Waals surface area contributed by atoms with Crippen LogP contribution in [0.1, 0.15) is 32.4 Å². The van der Waals surface area contributed by atoms with Gasteiger partial charge in [0.2, 0.25) is 0 Å². The van der Waals surface area contributed by atoms with Crippen molar-refractivity contribution in [2.24, 2.45) is 11.1 Å². The number of halogens is 2. The Morgan fingerprint density at radius 3 is 2.37 bits per heavy atom. The van der Waals surface area contributed by atoms with Gasteiger partial charge in [0.15, 0.2) is 0 Å². The van der Waals surface area contributed by atoms with E-state index in [1.54, 1.807) is 20.8 Å². The molecule has 0 bridgehead atoms. The number of benzene rings is 1. The Kier molecular flexibility index (Phi) is 5.86. The van der Waals surface area contributed by atoms with Crippen molar-refractivity contribution < 1.29 is 14.4 Å². The number of nitrogens with two attached hydrogens (primary N) is 1. The van der Waals surface area contributed by atoms with Gasteiger partial charge in [-0.05, 0) is 17.5 Å². The topological polar surface area (TPSA) is 89.4 Å². The third-order valence-corrected chi connectivity index (χ3v) is 2.78. The van der Waals surface area contributed by atoms with E-state index in [2.05, 4.69) is 0 Å². The van der Waals surface area contributed by atoms with Crippen molar-refractivity contribution in [2.45, 2.75) is 32.9 Å². The minimum atomic E-state index is -0.971. The number of nitro groups is 1. The summed E-state index contributed by atoms with van der Waals surface area (Å²) in [5.41, 5.74) is 5.03. The summed E-state index contributed by atoms with van der Waals surface area (Å²) in [5.74, 6) is -0.706. The number of nitro benzene ring substituents is 1. The molecule has 5 nitrogen and oxygen atoms in total. The lowest BCUT2D eigenvalue weighted by Gasteiger charge is -2.30. The van der Waals surface area contributed by atoms with Crippen molar-refractivity contribution in [1.82, 2.24) is 0 Å². The fraction of sp³-hybridized carbons (Fsp3) is 0.500. The normalized spacial score (nSPS) is 14.4. The fourth-order valence-corrected chi connectivity index (χ4v) is 1.67. The molecule has 0 aromatic heterocycles. The summed E-state index contributed by atoms with van der Waals surface area (Å²) in [6.07, 6.45) is -0.971. The fourth-order valence-electron chi connectivity index (χ4n) is 1.67. The minimum Gasteiger partial charge on any atom is -0.391 e. The first-order valence-electron chi connectivity index (χ1n) is 5.52. The highest BCUT2D eigenvalue weighted by molar-refractivity contribution is 5.85. The van der Waals surface area contributed by atoms with Gasteiger partial charge in [-0.1, -0.05) is 20.8 Å². The lowest BCUT2D eigenvalue weighted by Crippen LogP contribution is -2.37. The van der Waals surface area contributed by atoms with Crippen LogP contribution in [-0.4, -0.2) is 16.1 Å². The van der Waals surface area contributed by atoms with Crippen LogP contribution in [0.25, 0.3) is 0 Å². The van der Waals surface area contributed by atoms with Gasteiger partial charge >= 0.3 is 0 Å². The van der Waals surface area contributed by atoms with E-state index in [0.717, 1.165) is 12.1 Å². The van der Waals surface area contributed by atoms with Gasteiger partial charge in [-0.2, -0.15) is 0 Å². The molecule has 0 saturated heterocycles. The molecule has 0 aliphatic heterocycles. The van der Waals surface area contributed by atoms with Gasteiger partial charge in [-0.3, -0.25) is 10.1 Å². The van der Waals surface area contributed by atoms with Gasteiger partial charge in [0.1, 0.15) is 5.82 Å². The second kappa shape index (κ2) is 6.27. The highest BCUT2D eigenvalue weighted by atomic mass is 35.5. The van der Waals surface area contributed by atoms with Crippen LogP contribution in [-0.2, 0) is 0 Å². The Labute approximate surface area is 117 Å². The Balaban J connectivity index is 0.00000324. The molecule has 2 atom stereocenters. The van der Waals surface area contributed by atoms with Crippen molar-refractivity contribution in [3.8, 4) is 0 Å². The van der Waals surface area contributed by atoms with Gasteiger partial charge in [-0.15, -0.1) is 12.4 Å². The van der Waals surface area contributed by atoms with Crippen molar-refractivity contribution in [3.63, 3.8) is 0 Å². The molecule has 1 aromatic rings. The third-order valence-electron chi connectivity index (χ3n) is 2.78. The summed E-state index contributed by atoms with van der Waals surface area (Å²) in [5, 5.41) is 20.9. The molecule has 0 aliphatic carbocycles. The minimum absolute atomic E-state index is 0. The van der Waals surface area contributed by atoms with E-state index in [-0.39, 0.29) is 18.0 Å². The van der Waals surface area contributed by atoms with E-state index in [0.29, 0.717) is 0 Å². The molecule has 0 aliphatic rings. The summed E-state index contributed by atoms with van der Waals surface area (Å²) in [7, 11) is 0. The zero-order chi connectivity index (χ0) is 14.1. The van der Waals surface area contributed by atoms with E-state index >= 15 is 0 Å². The number of aliphatic hydroxyl groups excluding tert-OH is 1. The quantitative estimate of drug-likeness (QED) is 0.662. The first kappa shape index (κ1) is 17.8. The molecular formula is C12H18ClFN2O3. The average molecular weight is 293 g/mol. The van der Waals surface area contributed by atoms with Crippen molar-refractivity contribution in [2.75, 3.05) is 0 Å². The van der Waals surface area contributed by atoms with E-state index in [1.165, 1.54) is 6.07 Å². The molecule has 0 amide bonds. The van der Waals surface area contributed by atoms with Crippen molar-refractivity contribution >= 4 is 18.1 Å². The standard InChI is InChI=1S/C12H17FN2O3.ClH/c1-12(2,3)11(16)10(14)8-5-4-7(13)6-9(8)15(17)18;/h4-6,10-11,16H,14H2,1-3H3;1H/t10-,11-;/m0./s1. The van der Waals surface area contributed by atoms with E-state index in [1.807, 2.05) is 0 Å². The van der Waals surface area contributed by atoms with E-state index < -0.39 is 34.0 Å². The Morgan fingerprint density at radius 1 is 1.42 bits per heavy atom. The highest BCUT2D eigenvalue weighted by Crippen LogP contribution is 2.33. The first-order valence-corrected chi connectivity index (χ1v) is 5.52. The maximum absolute atomic E-state index is 13.0. The number of aliphatic hydroxyl groups is 1. The summed E-state index contributed by atoms with van der Waals surface area (Å²) >= 11 is 0. The van der Waals surface area contributed by atoms with E-state index in [9.17, 15) is 19.6 Å². The molecule has 0 fully saturated rings. The molecule has 0 saturated carbocycles. The third kappa shape index (κ3) is 4.12. The molecule has 7 heteroatoms. The molecule has 3 N–H and O–H groups in total. The number of rotatable bonds is 3. The average Bonchev–Trinajstić information content (AvgIpc) is 2.25. The first-order chi connectivity index (χ1) is 8.14. The molecule has 0 unspecified atom stereocenters. The number of hydrogen-bond acceptors (Lipinski definition) is 4. The molecule has 1 aromatic carbocycles. The van der Waals surface area contributed by atoms with Crippen molar-refractivity contribution in [3.05, 3.63) is 39.7 Å². The molecule has 0 heterocycles. The Hall–Kier alpha value is -1.24. The zero-order valence-electron chi connectivity index (χ0n) is 11.0. The van der Waals surface area contributed by atoms with Crippen LogP contribution < -0.4 is 5.73 Å². The van der Waals surface area contributed by atoms with Gasteiger partial charge < -0.3 is 10.8 Å². The maximum Gasteiger partial charge on any atom is 0.277 e. The van der Waals surface area contributed by atoms with Gasteiger partial charge in [0.25, 0.3) is 5.69 Å². The lowest BCUT2D eigenvalue weighted by atomic mass is 9.82. The molecule has 19 heavy (non-hydrogen) atoms. The molecule has 1 rings (SSSR count). The predicted molar refractivity (Wildman–Crippen MR) is 72.7 cm³/mol. The highest BCUT2D eigenvalue weighted by Gasteiger charge is 2.32. The smallest absolute Gasteiger partial charge is 0.277 e. The predicted octanol–water partition coefficient (Wildman–Crippen LogP) is 2.56. The summed E-state index contributed by atoms with van der Waals surface area (Å²) in [4.78, 5) is 10.2. The van der Waals surface area contributed by atoms with Crippen LogP contribution in [0.15, 0.2) is 18.2 Å². The maximum atomic E-state index is 13.0. The second-order valence-corrected chi connectivity index (χ2v) is 5.30. The van der Waals surface area contributed by atoms with Crippen LogP contribution in [0.5, 0.6) is 0 Å². The van der Waals surface area contributed by atoms with Gasteiger partial charge in [0, 0.05) is 5.56 Å². The van der Waals surface area contributed by atoms with Gasteiger partial charge in [0.05, 0.1) is 23.1 Å². The largest absolute Gasteiger partial charge is 0.391 e.